The normalized spacial score (nSPS) is 11.9. The number of carbonyl (C=O) groups excluding carboxylic acids is 2. The van der Waals surface area contributed by atoms with E-state index in [1.54, 1.807) is 15.5 Å². The fourth-order valence-electron chi connectivity index (χ4n) is 4.23. The summed E-state index contributed by atoms with van der Waals surface area (Å²) in [6.45, 7) is 2.39. The van der Waals surface area contributed by atoms with Gasteiger partial charge >= 0.3 is 0 Å². The Hall–Kier alpha value is -3.93. The summed E-state index contributed by atoms with van der Waals surface area (Å²) in [4.78, 5) is 32.6. The van der Waals surface area contributed by atoms with E-state index in [4.69, 9.17) is 0 Å². The molecule has 2 amide bonds. The first kappa shape index (κ1) is 23.2. The smallest absolute Gasteiger partial charge is 0.267 e. The third kappa shape index (κ3) is 5.17. The zero-order valence-electron chi connectivity index (χ0n) is 19.9. The molecule has 0 aliphatic rings. The maximum atomic E-state index is 13.6. The minimum Gasteiger partial charge on any atom is -0.351 e. The van der Waals surface area contributed by atoms with E-state index in [1.807, 2.05) is 81.8 Å². The first-order chi connectivity index (χ1) is 16.4. The van der Waals surface area contributed by atoms with Crippen LogP contribution in [-0.4, -0.2) is 45.9 Å². The maximum Gasteiger partial charge on any atom is 0.267 e. The molecule has 174 valence electrons. The van der Waals surface area contributed by atoms with Crippen LogP contribution in [0.5, 0.6) is 0 Å². The zero-order chi connectivity index (χ0) is 24.1. The lowest BCUT2D eigenvalue weighted by Gasteiger charge is -2.29. The van der Waals surface area contributed by atoms with Gasteiger partial charge in [0.2, 0.25) is 0 Å². The highest BCUT2D eigenvalue weighted by atomic mass is 16.2. The van der Waals surface area contributed by atoms with Gasteiger partial charge in [0.1, 0.15) is 5.69 Å². The lowest BCUT2D eigenvalue weighted by molar-refractivity contribution is 0.0724. The van der Waals surface area contributed by atoms with Crippen LogP contribution in [0.2, 0.25) is 0 Å². The number of amides is 2. The van der Waals surface area contributed by atoms with Crippen molar-refractivity contribution in [3.05, 3.63) is 102 Å². The van der Waals surface area contributed by atoms with E-state index in [2.05, 4.69) is 22.4 Å². The molecule has 0 bridgehead atoms. The maximum absolute atomic E-state index is 13.6. The van der Waals surface area contributed by atoms with Crippen LogP contribution in [0.4, 0.5) is 0 Å². The highest BCUT2D eigenvalue weighted by Gasteiger charge is 2.24. The second-order valence-electron chi connectivity index (χ2n) is 8.64. The first-order valence-corrected chi connectivity index (χ1v) is 11.5. The zero-order valence-corrected chi connectivity index (χ0v) is 19.9. The van der Waals surface area contributed by atoms with Crippen molar-refractivity contribution in [1.29, 1.82) is 0 Å². The minimum atomic E-state index is -0.117. The van der Waals surface area contributed by atoms with E-state index in [9.17, 15) is 9.59 Å². The Bertz CT molecular complexity index is 1300. The topological polar surface area (TPSA) is 67.2 Å². The third-order valence-corrected chi connectivity index (χ3v) is 6.21. The predicted molar refractivity (Wildman–Crippen MR) is 135 cm³/mol. The van der Waals surface area contributed by atoms with Gasteiger partial charge in [0, 0.05) is 44.0 Å². The number of aromatic nitrogens is 2. The average molecular weight is 455 g/mol. The number of hydrogen-bond donors (Lipinski definition) is 1. The molecule has 2 heterocycles. The van der Waals surface area contributed by atoms with E-state index < -0.39 is 0 Å². The van der Waals surface area contributed by atoms with E-state index in [0.29, 0.717) is 30.6 Å². The van der Waals surface area contributed by atoms with Crippen molar-refractivity contribution in [2.45, 2.75) is 25.8 Å². The van der Waals surface area contributed by atoms with Gasteiger partial charge in [-0.05, 0) is 49.6 Å². The number of rotatable bonds is 8. The Balaban J connectivity index is 1.54. The molecule has 4 aromatic rings. The summed E-state index contributed by atoms with van der Waals surface area (Å²) in [5.41, 5.74) is 3.94. The molecule has 0 aliphatic carbocycles. The molecule has 0 fully saturated rings. The molecule has 6 nitrogen and oxygen atoms in total. The van der Waals surface area contributed by atoms with Crippen molar-refractivity contribution in [1.82, 2.24) is 19.8 Å². The number of para-hydroxylation sites is 1. The van der Waals surface area contributed by atoms with E-state index >= 15 is 0 Å². The molecule has 0 radical (unpaired) electrons. The van der Waals surface area contributed by atoms with Crippen molar-refractivity contribution in [3.63, 3.8) is 0 Å². The summed E-state index contributed by atoms with van der Waals surface area (Å²) in [5, 5.41) is 3.95. The van der Waals surface area contributed by atoms with Gasteiger partial charge in [0.25, 0.3) is 11.8 Å². The quantitative estimate of drug-likeness (QED) is 0.430. The summed E-state index contributed by atoms with van der Waals surface area (Å²) in [6, 6.07) is 23.3. The number of hydrogen-bond acceptors (Lipinski definition) is 3. The summed E-state index contributed by atoms with van der Waals surface area (Å²) in [5.74, 6) is -0.188. The second-order valence-corrected chi connectivity index (χ2v) is 8.64. The lowest BCUT2D eigenvalue weighted by atomic mass is 10.0. The molecule has 0 saturated carbocycles. The largest absolute Gasteiger partial charge is 0.351 e. The summed E-state index contributed by atoms with van der Waals surface area (Å²) < 4.78 is 1.79. The number of fused-ring (bicyclic) bond motifs is 1. The van der Waals surface area contributed by atoms with Crippen LogP contribution in [0.15, 0.2) is 79.0 Å². The summed E-state index contributed by atoms with van der Waals surface area (Å²) in [6.07, 6.45) is 3.17. The van der Waals surface area contributed by atoms with E-state index in [1.165, 1.54) is 0 Å². The number of benzene rings is 2. The highest BCUT2D eigenvalue weighted by molar-refractivity contribution is 6.05. The van der Waals surface area contributed by atoms with Crippen LogP contribution in [0.1, 0.15) is 38.5 Å². The molecule has 2 aromatic carbocycles. The van der Waals surface area contributed by atoms with Crippen LogP contribution in [0, 0.1) is 6.92 Å². The standard InChI is InChI=1S/C28H30N4O2/c1-20-14-15-22-11-7-12-24(26(22)30-20)28(34)32(3)23(19-21-9-5-4-6-10-21)16-17-29-27(33)25-13-8-18-31(25)2/h4-15,18,23H,16-17,19H2,1-3H3,(H,29,33)/t23-/m1/s1. The van der Waals surface area contributed by atoms with Gasteiger partial charge in [-0.3, -0.25) is 14.6 Å². The Morgan fingerprint density at radius 1 is 1.00 bits per heavy atom. The summed E-state index contributed by atoms with van der Waals surface area (Å²) in [7, 11) is 3.68. The molecule has 6 heteroatoms. The van der Waals surface area contributed by atoms with Crippen molar-refractivity contribution in [2.24, 2.45) is 7.05 Å². The fraction of sp³-hybridized carbons (Fsp3) is 0.250. The number of pyridine rings is 1. The fourth-order valence-corrected chi connectivity index (χ4v) is 4.23. The predicted octanol–water partition coefficient (Wildman–Crippen LogP) is 4.39. The number of carbonyl (C=O) groups is 2. The third-order valence-electron chi connectivity index (χ3n) is 6.21. The molecule has 0 spiro atoms. The molecule has 0 aliphatic heterocycles. The lowest BCUT2D eigenvalue weighted by Crippen LogP contribution is -2.41. The van der Waals surface area contributed by atoms with Crippen molar-refractivity contribution in [2.75, 3.05) is 13.6 Å². The Morgan fingerprint density at radius 2 is 1.79 bits per heavy atom. The van der Waals surface area contributed by atoms with Gasteiger partial charge in [0.15, 0.2) is 0 Å². The van der Waals surface area contributed by atoms with Crippen LogP contribution in [-0.2, 0) is 13.5 Å². The molecular weight excluding hydrogens is 424 g/mol. The van der Waals surface area contributed by atoms with Crippen LogP contribution in [0.3, 0.4) is 0 Å². The molecule has 34 heavy (non-hydrogen) atoms. The molecule has 4 rings (SSSR count). The van der Waals surface area contributed by atoms with Gasteiger partial charge in [-0.15, -0.1) is 0 Å². The van der Waals surface area contributed by atoms with Crippen LogP contribution in [0.25, 0.3) is 10.9 Å². The van der Waals surface area contributed by atoms with Crippen LogP contribution >= 0.6 is 0 Å². The number of likely N-dealkylation sites (N-methyl/N-ethyl adjacent to an activating group) is 1. The first-order valence-electron chi connectivity index (χ1n) is 11.5. The Morgan fingerprint density at radius 3 is 2.53 bits per heavy atom. The molecule has 0 saturated heterocycles. The van der Waals surface area contributed by atoms with E-state index in [0.717, 1.165) is 22.2 Å². The second kappa shape index (κ2) is 10.3. The SMILES string of the molecule is Cc1ccc2cccc(C(=O)N(C)[C@H](CCNC(=O)c3cccn3C)Cc3ccccc3)c2n1. The van der Waals surface area contributed by atoms with Crippen molar-refractivity contribution >= 4 is 22.7 Å². The highest BCUT2D eigenvalue weighted by Crippen LogP contribution is 2.21. The number of aryl methyl sites for hydroxylation is 2. The van der Waals surface area contributed by atoms with E-state index in [-0.39, 0.29) is 17.9 Å². The van der Waals surface area contributed by atoms with Crippen molar-refractivity contribution in [3.8, 4) is 0 Å². The monoisotopic (exact) mass is 454 g/mol. The molecule has 1 N–H and O–H groups in total. The van der Waals surface area contributed by atoms with Gasteiger partial charge in [0.05, 0.1) is 11.1 Å². The summed E-state index contributed by atoms with van der Waals surface area (Å²) >= 11 is 0. The minimum absolute atomic E-state index is 0.0709. The van der Waals surface area contributed by atoms with Crippen molar-refractivity contribution < 1.29 is 9.59 Å². The molecule has 2 aromatic heterocycles. The Kier molecular flexibility index (Phi) is 7.07. The van der Waals surface area contributed by atoms with Gasteiger partial charge in [-0.1, -0.05) is 48.5 Å². The van der Waals surface area contributed by atoms with Gasteiger partial charge in [-0.25, -0.2) is 0 Å². The molecule has 1 atom stereocenters. The van der Waals surface area contributed by atoms with Gasteiger partial charge in [-0.2, -0.15) is 0 Å². The van der Waals surface area contributed by atoms with Crippen LogP contribution < -0.4 is 5.32 Å². The average Bonchev–Trinajstić information content (AvgIpc) is 3.28. The Labute approximate surface area is 200 Å². The van der Waals surface area contributed by atoms with Gasteiger partial charge < -0.3 is 14.8 Å². The number of nitrogens with zero attached hydrogens (tertiary/aromatic N) is 3. The number of nitrogens with one attached hydrogen (secondary N) is 1. The molecule has 0 unspecified atom stereocenters. The molecular formula is C28H30N4O2.